The van der Waals surface area contributed by atoms with E-state index in [1.807, 2.05) is 32.0 Å². The highest BCUT2D eigenvalue weighted by Crippen LogP contribution is 2.28. The summed E-state index contributed by atoms with van der Waals surface area (Å²) in [6.07, 6.45) is 2.36. The maximum atomic E-state index is 11.5. The van der Waals surface area contributed by atoms with Crippen molar-refractivity contribution in [1.82, 2.24) is 5.32 Å². The number of aryl methyl sites for hydroxylation is 1. The summed E-state index contributed by atoms with van der Waals surface area (Å²) in [6.45, 7) is 5.80. The number of ether oxygens (including phenoxy) is 2. The van der Waals surface area contributed by atoms with Crippen LogP contribution in [0.2, 0.25) is 0 Å². The molecule has 1 aromatic carbocycles. The highest BCUT2D eigenvalue weighted by molar-refractivity contribution is 5.89. The normalized spacial score (nSPS) is 22.6. The number of esters is 1. The molecule has 2 atom stereocenters. The van der Waals surface area contributed by atoms with Crippen molar-refractivity contribution in [3.8, 4) is 0 Å². The monoisotopic (exact) mass is 277 g/mol. The zero-order valence-electron chi connectivity index (χ0n) is 12.4. The molecule has 1 fully saturated rings. The Balaban J connectivity index is 2.14. The molecule has 110 valence electrons. The lowest BCUT2D eigenvalue weighted by Gasteiger charge is -2.31. The van der Waals surface area contributed by atoms with Gasteiger partial charge in [-0.3, -0.25) is 0 Å². The van der Waals surface area contributed by atoms with Gasteiger partial charge in [0, 0.05) is 12.6 Å². The maximum Gasteiger partial charge on any atom is 0.337 e. The second-order valence-corrected chi connectivity index (χ2v) is 5.17. The van der Waals surface area contributed by atoms with E-state index in [0.717, 1.165) is 31.6 Å². The fourth-order valence-electron chi connectivity index (χ4n) is 2.82. The molecule has 0 radical (unpaired) electrons. The van der Waals surface area contributed by atoms with E-state index in [0.29, 0.717) is 17.7 Å². The average molecular weight is 277 g/mol. The Bertz CT molecular complexity index is 471. The van der Waals surface area contributed by atoms with Crippen LogP contribution >= 0.6 is 0 Å². The van der Waals surface area contributed by atoms with Crippen molar-refractivity contribution in [2.45, 2.75) is 38.8 Å². The number of rotatable bonds is 4. The first-order valence-electron chi connectivity index (χ1n) is 7.19. The van der Waals surface area contributed by atoms with E-state index < -0.39 is 0 Å². The second kappa shape index (κ2) is 6.86. The molecule has 4 nitrogen and oxygen atoms in total. The van der Waals surface area contributed by atoms with Crippen molar-refractivity contribution in [3.05, 3.63) is 34.9 Å². The molecule has 0 bridgehead atoms. The molecule has 1 aliphatic rings. The Morgan fingerprint density at radius 2 is 2.25 bits per heavy atom. The topological polar surface area (TPSA) is 47.6 Å². The van der Waals surface area contributed by atoms with Crippen LogP contribution in [0.1, 0.15) is 47.3 Å². The molecule has 0 aliphatic carbocycles. The van der Waals surface area contributed by atoms with E-state index in [1.54, 1.807) is 0 Å². The van der Waals surface area contributed by atoms with Gasteiger partial charge in [-0.15, -0.1) is 0 Å². The van der Waals surface area contributed by atoms with Crippen molar-refractivity contribution < 1.29 is 14.3 Å². The molecule has 2 rings (SSSR count). The third kappa shape index (κ3) is 3.38. The van der Waals surface area contributed by atoms with E-state index in [2.05, 4.69) is 5.32 Å². The lowest BCUT2D eigenvalue weighted by molar-refractivity contribution is 0.0296. The van der Waals surface area contributed by atoms with Gasteiger partial charge in [-0.25, -0.2) is 4.79 Å². The Hall–Kier alpha value is -1.39. The minimum absolute atomic E-state index is 0.288. The molecule has 1 N–H and O–H groups in total. The van der Waals surface area contributed by atoms with Crippen LogP contribution in [0.15, 0.2) is 18.2 Å². The quantitative estimate of drug-likeness (QED) is 0.859. The van der Waals surface area contributed by atoms with E-state index >= 15 is 0 Å². The molecule has 1 saturated heterocycles. The Kier molecular flexibility index (Phi) is 5.15. The SMILES string of the molecule is CCOC1CCNC(c2ccc(C(=O)OC)cc2C)C1. The molecule has 1 heterocycles. The van der Waals surface area contributed by atoms with Gasteiger partial charge < -0.3 is 14.8 Å². The van der Waals surface area contributed by atoms with Gasteiger partial charge in [-0.05, 0) is 56.5 Å². The molecule has 2 unspecified atom stereocenters. The van der Waals surface area contributed by atoms with Gasteiger partial charge in [0.2, 0.25) is 0 Å². The van der Waals surface area contributed by atoms with E-state index in [-0.39, 0.29) is 5.97 Å². The summed E-state index contributed by atoms with van der Waals surface area (Å²) < 4.78 is 10.5. The number of methoxy groups -OCH3 is 1. The Labute approximate surface area is 120 Å². The number of hydrogen-bond donors (Lipinski definition) is 1. The van der Waals surface area contributed by atoms with Crippen LogP contribution in [0.3, 0.4) is 0 Å². The van der Waals surface area contributed by atoms with Crippen LogP contribution in [0, 0.1) is 6.92 Å². The zero-order chi connectivity index (χ0) is 14.5. The van der Waals surface area contributed by atoms with Crippen molar-refractivity contribution in [2.75, 3.05) is 20.3 Å². The predicted octanol–water partition coefficient (Wildman–Crippen LogP) is 2.61. The first kappa shape index (κ1) is 15.0. The van der Waals surface area contributed by atoms with Crippen molar-refractivity contribution in [3.63, 3.8) is 0 Å². The fourth-order valence-corrected chi connectivity index (χ4v) is 2.82. The summed E-state index contributed by atoms with van der Waals surface area (Å²) >= 11 is 0. The molecular formula is C16H23NO3. The van der Waals surface area contributed by atoms with Crippen LogP contribution in [0.5, 0.6) is 0 Å². The molecule has 0 spiro atoms. The fraction of sp³-hybridized carbons (Fsp3) is 0.562. The molecule has 1 aliphatic heterocycles. The number of piperidine rings is 1. The zero-order valence-corrected chi connectivity index (χ0v) is 12.4. The van der Waals surface area contributed by atoms with Crippen LogP contribution in [0.25, 0.3) is 0 Å². The van der Waals surface area contributed by atoms with Gasteiger partial charge >= 0.3 is 5.97 Å². The molecular weight excluding hydrogens is 254 g/mol. The summed E-state index contributed by atoms with van der Waals surface area (Å²) in [7, 11) is 1.40. The van der Waals surface area contributed by atoms with Gasteiger partial charge in [-0.1, -0.05) is 6.07 Å². The first-order valence-corrected chi connectivity index (χ1v) is 7.19. The minimum Gasteiger partial charge on any atom is -0.465 e. The van der Waals surface area contributed by atoms with E-state index in [1.165, 1.54) is 12.7 Å². The van der Waals surface area contributed by atoms with E-state index in [4.69, 9.17) is 9.47 Å². The van der Waals surface area contributed by atoms with Gasteiger partial charge in [0.1, 0.15) is 0 Å². The average Bonchev–Trinajstić information content (AvgIpc) is 2.47. The minimum atomic E-state index is -0.288. The van der Waals surface area contributed by atoms with E-state index in [9.17, 15) is 4.79 Å². The molecule has 0 saturated carbocycles. The van der Waals surface area contributed by atoms with Crippen molar-refractivity contribution in [2.24, 2.45) is 0 Å². The maximum absolute atomic E-state index is 11.5. The Morgan fingerprint density at radius 1 is 1.45 bits per heavy atom. The second-order valence-electron chi connectivity index (χ2n) is 5.17. The highest BCUT2D eigenvalue weighted by Gasteiger charge is 2.24. The summed E-state index contributed by atoms with van der Waals surface area (Å²) in [5.74, 6) is -0.288. The molecule has 4 heteroatoms. The predicted molar refractivity (Wildman–Crippen MR) is 77.9 cm³/mol. The van der Waals surface area contributed by atoms with Crippen molar-refractivity contribution >= 4 is 5.97 Å². The van der Waals surface area contributed by atoms with Crippen LogP contribution in [-0.2, 0) is 9.47 Å². The van der Waals surface area contributed by atoms with Crippen LogP contribution < -0.4 is 5.32 Å². The summed E-state index contributed by atoms with van der Waals surface area (Å²) in [5, 5.41) is 3.53. The number of benzene rings is 1. The molecule has 0 aromatic heterocycles. The Morgan fingerprint density at radius 3 is 2.90 bits per heavy atom. The summed E-state index contributed by atoms with van der Waals surface area (Å²) in [5.41, 5.74) is 2.95. The lowest BCUT2D eigenvalue weighted by Crippen LogP contribution is -2.36. The largest absolute Gasteiger partial charge is 0.465 e. The third-order valence-electron chi connectivity index (χ3n) is 3.82. The summed E-state index contributed by atoms with van der Waals surface area (Å²) in [4.78, 5) is 11.5. The first-order chi connectivity index (χ1) is 9.65. The number of nitrogens with one attached hydrogen (secondary N) is 1. The van der Waals surface area contributed by atoms with Crippen LogP contribution in [-0.4, -0.2) is 32.3 Å². The van der Waals surface area contributed by atoms with Gasteiger partial charge in [0.15, 0.2) is 0 Å². The number of carbonyl (C=O) groups excluding carboxylic acids is 1. The standard InChI is InChI=1S/C16H23NO3/c1-4-20-13-7-8-17-15(10-13)14-6-5-12(9-11(14)2)16(18)19-3/h5-6,9,13,15,17H,4,7-8,10H2,1-3H3. The smallest absolute Gasteiger partial charge is 0.337 e. The number of carbonyl (C=O) groups is 1. The van der Waals surface area contributed by atoms with Crippen molar-refractivity contribution in [1.29, 1.82) is 0 Å². The van der Waals surface area contributed by atoms with Gasteiger partial charge in [-0.2, -0.15) is 0 Å². The summed E-state index contributed by atoms with van der Waals surface area (Å²) in [6, 6.07) is 6.05. The molecule has 0 amide bonds. The number of hydrogen-bond acceptors (Lipinski definition) is 4. The van der Waals surface area contributed by atoms with Crippen LogP contribution in [0.4, 0.5) is 0 Å². The molecule has 20 heavy (non-hydrogen) atoms. The highest BCUT2D eigenvalue weighted by atomic mass is 16.5. The lowest BCUT2D eigenvalue weighted by atomic mass is 9.91. The van der Waals surface area contributed by atoms with Gasteiger partial charge in [0.25, 0.3) is 0 Å². The third-order valence-corrected chi connectivity index (χ3v) is 3.82. The van der Waals surface area contributed by atoms with Gasteiger partial charge in [0.05, 0.1) is 18.8 Å². The molecule has 1 aromatic rings.